The zero-order chi connectivity index (χ0) is 15.7. The van der Waals surface area contributed by atoms with E-state index >= 15 is 0 Å². The van der Waals surface area contributed by atoms with Crippen molar-refractivity contribution < 1.29 is 0 Å². The van der Waals surface area contributed by atoms with Crippen molar-refractivity contribution in [2.45, 2.75) is 0 Å². The molecule has 0 saturated carbocycles. The first kappa shape index (κ1) is 15.0. The van der Waals surface area contributed by atoms with E-state index in [1.54, 1.807) is 17.4 Å². The average Bonchev–Trinajstić information content (AvgIpc) is 2.93. The van der Waals surface area contributed by atoms with E-state index in [9.17, 15) is 5.26 Å². The van der Waals surface area contributed by atoms with Crippen molar-refractivity contribution in [2.24, 2.45) is 0 Å². The Morgan fingerprint density at radius 2 is 2.09 bits per heavy atom. The molecule has 22 heavy (non-hydrogen) atoms. The molecule has 0 saturated heterocycles. The summed E-state index contributed by atoms with van der Waals surface area (Å²) in [7, 11) is 0. The first-order chi connectivity index (χ1) is 10.6. The third-order valence-corrected chi connectivity index (χ3v) is 5.07. The third-order valence-electron chi connectivity index (χ3n) is 3.11. The Hall–Kier alpha value is -1.87. The highest BCUT2D eigenvalue weighted by atomic mass is 79.9. The van der Waals surface area contributed by atoms with Gasteiger partial charge in [0.1, 0.15) is 17.5 Å². The van der Waals surface area contributed by atoms with E-state index in [2.05, 4.69) is 27.0 Å². The van der Waals surface area contributed by atoms with Crippen LogP contribution in [0.5, 0.6) is 0 Å². The second-order valence-electron chi connectivity index (χ2n) is 4.57. The summed E-state index contributed by atoms with van der Waals surface area (Å²) in [5.41, 5.74) is 8.70. The third kappa shape index (κ3) is 2.86. The number of nitrogens with two attached hydrogens (primary N) is 1. The number of halogens is 2. The summed E-state index contributed by atoms with van der Waals surface area (Å²) in [6.07, 6.45) is 0. The fourth-order valence-electron chi connectivity index (χ4n) is 2.13. The highest BCUT2D eigenvalue weighted by Gasteiger charge is 2.14. The Labute approximate surface area is 145 Å². The molecule has 0 bridgehead atoms. The molecule has 3 aromatic rings. The van der Waals surface area contributed by atoms with Gasteiger partial charge in [0.15, 0.2) is 0 Å². The van der Waals surface area contributed by atoms with Crippen molar-refractivity contribution >= 4 is 44.7 Å². The molecule has 0 radical (unpaired) electrons. The van der Waals surface area contributed by atoms with E-state index in [4.69, 9.17) is 17.3 Å². The predicted octanol–water partition coefficient (Wildman–Crippen LogP) is 5.35. The zero-order valence-corrected chi connectivity index (χ0v) is 14.3. The topological polar surface area (TPSA) is 62.7 Å². The number of pyridine rings is 1. The Bertz CT molecular complexity index is 899. The number of aromatic nitrogens is 1. The minimum atomic E-state index is 0.222. The highest BCUT2D eigenvalue weighted by Crippen LogP contribution is 2.36. The van der Waals surface area contributed by atoms with Gasteiger partial charge in [0, 0.05) is 30.9 Å². The number of benzene rings is 1. The van der Waals surface area contributed by atoms with Crippen LogP contribution in [0.3, 0.4) is 0 Å². The van der Waals surface area contributed by atoms with E-state index in [0.29, 0.717) is 16.3 Å². The summed E-state index contributed by atoms with van der Waals surface area (Å²) in [5.74, 6) is 0.222. The van der Waals surface area contributed by atoms with Crippen LogP contribution in [0.4, 0.5) is 5.82 Å². The Kier molecular flexibility index (Phi) is 4.16. The van der Waals surface area contributed by atoms with Gasteiger partial charge < -0.3 is 5.73 Å². The van der Waals surface area contributed by atoms with Crippen molar-refractivity contribution in [2.75, 3.05) is 5.73 Å². The summed E-state index contributed by atoms with van der Waals surface area (Å²) < 4.78 is 0.969. The van der Waals surface area contributed by atoms with Crippen LogP contribution in [0.1, 0.15) is 5.56 Å². The molecule has 2 N–H and O–H groups in total. The van der Waals surface area contributed by atoms with Crippen molar-refractivity contribution in [1.82, 2.24) is 4.98 Å². The standard InChI is InChI=1S/C16H9BrClN3S/c17-10-5-15(22-8-10)12-6-14(21-16(20)13(12)7-19)9-2-1-3-11(18)4-9/h1-6,8H,(H2,20,21). The van der Waals surface area contributed by atoms with Crippen molar-refractivity contribution in [3.05, 3.63) is 56.8 Å². The molecule has 0 aliphatic heterocycles. The Morgan fingerprint density at radius 3 is 2.73 bits per heavy atom. The van der Waals surface area contributed by atoms with Gasteiger partial charge >= 0.3 is 0 Å². The number of nitriles is 1. The van der Waals surface area contributed by atoms with Crippen LogP contribution in [0.25, 0.3) is 21.7 Å². The molecule has 2 aromatic heterocycles. The van der Waals surface area contributed by atoms with Gasteiger partial charge in [-0.15, -0.1) is 11.3 Å². The molecule has 2 heterocycles. The van der Waals surface area contributed by atoms with Crippen LogP contribution in [-0.2, 0) is 0 Å². The zero-order valence-electron chi connectivity index (χ0n) is 11.2. The van der Waals surface area contributed by atoms with Gasteiger partial charge in [0.25, 0.3) is 0 Å². The molecule has 0 aliphatic carbocycles. The molecule has 108 valence electrons. The molecule has 0 fully saturated rings. The summed E-state index contributed by atoms with van der Waals surface area (Å²) in [5, 5.41) is 12.0. The van der Waals surface area contributed by atoms with Crippen molar-refractivity contribution in [3.8, 4) is 27.8 Å². The van der Waals surface area contributed by atoms with E-state index in [0.717, 1.165) is 20.5 Å². The van der Waals surface area contributed by atoms with Gasteiger partial charge in [0.05, 0.1) is 5.69 Å². The number of rotatable bonds is 2. The smallest absolute Gasteiger partial charge is 0.142 e. The SMILES string of the molecule is N#Cc1c(-c2cc(Br)cs2)cc(-c2cccc(Cl)c2)nc1N. The Balaban J connectivity index is 2.23. The van der Waals surface area contributed by atoms with Gasteiger partial charge in [0.2, 0.25) is 0 Å². The van der Waals surface area contributed by atoms with Gasteiger partial charge in [-0.1, -0.05) is 23.7 Å². The average molecular weight is 391 g/mol. The molecule has 1 aromatic carbocycles. The molecule has 0 unspecified atom stereocenters. The quantitative estimate of drug-likeness (QED) is 0.642. The number of hydrogen-bond donors (Lipinski definition) is 1. The lowest BCUT2D eigenvalue weighted by Crippen LogP contribution is -1.99. The first-order valence-corrected chi connectivity index (χ1v) is 8.34. The molecule has 3 nitrogen and oxygen atoms in total. The molecule has 0 aliphatic rings. The summed E-state index contributed by atoms with van der Waals surface area (Å²) in [6.45, 7) is 0. The predicted molar refractivity (Wildman–Crippen MR) is 94.8 cm³/mol. The molecular formula is C16H9BrClN3S. The largest absolute Gasteiger partial charge is 0.383 e. The molecule has 0 amide bonds. The number of anilines is 1. The fourth-order valence-corrected chi connectivity index (χ4v) is 3.77. The summed E-state index contributed by atoms with van der Waals surface area (Å²) in [6, 6.07) is 13.4. The molecule has 0 spiro atoms. The number of nitrogens with zero attached hydrogens (tertiary/aromatic N) is 2. The second-order valence-corrected chi connectivity index (χ2v) is 6.83. The fraction of sp³-hybridized carbons (Fsp3) is 0. The number of nitrogen functional groups attached to an aromatic ring is 1. The van der Waals surface area contributed by atoms with Gasteiger partial charge in [-0.2, -0.15) is 5.26 Å². The highest BCUT2D eigenvalue weighted by molar-refractivity contribution is 9.10. The van der Waals surface area contributed by atoms with E-state index in [-0.39, 0.29) is 5.82 Å². The van der Waals surface area contributed by atoms with Crippen LogP contribution >= 0.6 is 38.9 Å². The molecular weight excluding hydrogens is 382 g/mol. The molecule has 6 heteroatoms. The lowest BCUT2D eigenvalue weighted by molar-refractivity contribution is 1.31. The number of thiophene rings is 1. The maximum atomic E-state index is 9.37. The molecule has 0 atom stereocenters. The van der Waals surface area contributed by atoms with Crippen LogP contribution in [0.2, 0.25) is 5.02 Å². The van der Waals surface area contributed by atoms with Crippen LogP contribution < -0.4 is 5.73 Å². The minimum Gasteiger partial charge on any atom is -0.383 e. The molecule has 3 rings (SSSR count). The van der Waals surface area contributed by atoms with Crippen molar-refractivity contribution in [1.29, 1.82) is 5.26 Å². The summed E-state index contributed by atoms with van der Waals surface area (Å²) >= 11 is 11.0. The van der Waals surface area contributed by atoms with Gasteiger partial charge in [-0.05, 0) is 40.2 Å². The number of hydrogen-bond acceptors (Lipinski definition) is 4. The van der Waals surface area contributed by atoms with Crippen LogP contribution in [0.15, 0.2) is 46.3 Å². The van der Waals surface area contributed by atoms with E-state index in [1.807, 2.05) is 35.7 Å². The normalized spacial score (nSPS) is 10.4. The Morgan fingerprint density at radius 1 is 1.27 bits per heavy atom. The monoisotopic (exact) mass is 389 g/mol. The maximum absolute atomic E-state index is 9.37. The lowest BCUT2D eigenvalue weighted by Gasteiger charge is -2.09. The van der Waals surface area contributed by atoms with Gasteiger partial charge in [-0.3, -0.25) is 0 Å². The van der Waals surface area contributed by atoms with Crippen molar-refractivity contribution in [3.63, 3.8) is 0 Å². The van der Waals surface area contributed by atoms with E-state index in [1.165, 1.54) is 0 Å². The van der Waals surface area contributed by atoms with Crippen LogP contribution in [0, 0.1) is 11.3 Å². The first-order valence-electron chi connectivity index (χ1n) is 6.29. The summed E-state index contributed by atoms with van der Waals surface area (Å²) in [4.78, 5) is 5.30. The van der Waals surface area contributed by atoms with E-state index < -0.39 is 0 Å². The second kappa shape index (κ2) is 6.09. The lowest BCUT2D eigenvalue weighted by atomic mass is 10.0. The van der Waals surface area contributed by atoms with Crippen LogP contribution in [-0.4, -0.2) is 4.98 Å². The minimum absolute atomic E-state index is 0.222. The van der Waals surface area contributed by atoms with Gasteiger partial charge in [-0.25, -0.2) is 4.98 Å². The maximum Gasteiger partial charge on any atom is 0.142 e.